The first-order valence-corrected chi connectivity index (χ1v) is 10.3. The van der Waals surface area contributed by atoms with Crippen LogP contribution in [0.3, 0.4) is 0 Å². The van der Waals surface area contributed by atoms with E-state index in [2.05, 4.69) is 40.3 Å². The number of ether oxygens (including phenoxy) is 2. The second kappa shape index (κ2) is 10.3. The van der Waals surface area contributed by atoms with Crippen molar-refractivity contribution in [2.45, 2.75) is 26.6 Å². The van der Waals surface area contributed by atoms with Crippen molar-refractivity contribution in [2.24, 2.45) is 0 Å². The van der Waals surface area contributed by atoms with E-state index in [1.54, 1.807) is 19.2 Å². The average molecular weight is 470 g/mol. The maximum Gasteiger partial charge on any atom is 0.335 e. The topological polar surface area (TPSA) is 67.8 Å². The van der Waals surface area contributed by atoms with Crippen molar-refractivity contribution in [3.8, 4) is 11.5 Å². The summed E-state index contributed by atoms with van der Waals surface area (Å²) in [6, 6.07) is 18.9. The number of carbonyl (C=O) groups is 1. The van der Waals surface area contributed by atoms with Crippen molar-refractivity contribution in [1.29, 1.82) is 0 Å². The SMILES string of the molecule is COc1cc(CNCc2ccc(C(=O)O)cc2)c(Br)cc1OCc1cccc(C)c1. The van der Waals surface area contributed by atoms with Crippen molar-refractivity contribution in [3.63, 3.8) is 0 Å². The van der Waals surface area contributed by atoms with Crippen molar-refractivity contribution in [2.75, 3.05) is 7.11 Å². The smallest absolute Gasteiger partial charge is 0.335 e. The van der Waals surface area contributed by atoms with Crippen LogP contribution in [-0.4, -0.2) is 18.2 Å². The fourth-order valence-corrected chi connectivity index (χ4v) is 3.52. The summed E-state index contributed by atoms with van der Waals surface area (Å²) in [6.45, 7) is 3.77. The lowest BCUT2D eigenvalue weighted by atomic mass is 10.1. The molecular formula is C24H24BrNO4. The largest absolute Gasteiger partial charge is 0.493 e. The first-order valence-electron chi connectivity index (χ1n) is 9.54. The van der Waals surface area contributed by atoms with Crippen LogP contribution in [0.1, 0.15) is 32.6 Å². The minimum Gasteiger partial charge on any atom is -0.493 e. The Morgan fingerprint density at radius 3 is 2.43 bits per heavy atom. The Morgan fingerprint density at radius 1 is 1.00 bits per heavy atom. The van der Waals surface area contributed by atoms with E-state index in [1.807, 2.05) is 36.4 Å². The molecule has 30 heavy (non-hydrogen) atoms. The van der Waals surface area contributed by atoms with Gasteiger partial charge in [-0.1, -0.05) is 57.9 Å². The maximum absolute atomic E-state index is 10.9. The summed E-state index contributed by atoms with van der Waals surface area (Å²) in [7, 11) is 1.63. The summed E-state index contributed by atoms with van der Waals surface area (Å²) < 4.78 is 12.4. The number of halogens is 1. The van der Waals surface area contributed by atoms with Crippen LogP contribution in [0.25, 0.3) is 0 Å². The summed E-state index contributed by atoms with van der Waals surface area (Å²) in [5.74, 6) is 0.433. The highest BCUT2D eigenvalue weighted by molar-refractivity contribution is 9.10. The molecule has 0 aromatic heterocycles. The zero-order valence-electron chi connectivity index (χ0n) is 16.9. The third-order valence-electron chi connectivity index (χ3n) is 4.65. The molecule has 0 saturated heterocycles. The normalized spacial score (nSPS) is 10.6. The van der Waals surface area contributed by atoms with Crippen LogP contribution in [0.5, 0.6) is 11.5 Å². The van der Waals surface area contributed by atoms with Gasteiger partial charge in [-0.25, -0.2) is 4.79 Å². The van der Waals surface area contributed by atoms with E-state index in [9.17, 15) is 4.79 Å². The van der Waals surface area contributed by atoms with Gasteiger partial charge in [0.25, 0.3) is 0 Å². The zero-order valence-corrected chi connectivity index (χ0v) is 18.5. The molecule has 0 aliphatic heterocycles. The second-order valence-corrected chi connectivity index (χ2v) is 7.83. The Balaban J connectivity index is 1.62. The summed E-state index contributed by atoms with van der Waals surface area (Å²) in [5.41, 5.74) is 4.64. The third-order valence-corrected chi connectivity index (χ3v) is 5.39. The molecule has 0 amide bonds. The van der Waals surface area contributed by atoms with E-state index in [0.29, 0.717) is 31.2 Å². The van der Waals surface area contributed by atoms with Crippen LogP contribution < -0.4 is 14.8 Å². The lowest BCUT2D eigenvalue weighted by Gasteiger charge is -2.15. The number of hydrogen-bond donors (Lipinski definition) is 2. The number of aromatic carboxylic acids is 1. The molecule has 3 aromatic rings. The van der Waals surface area contributed by atoms with E-state index in [1.165, 1.54) is 5.56 Å². The van der Waals surface area contributed by atoms with Gasteiger partial charge in [0, 0.05) is 17.6 Å². The van der Waals surface area contributed by atoms with Gasteiger partial charge in [0.2, 0.25) is 0 Å². The molecule has 0 atom stereocenters. The summed E-state index contributed by atoms with van der Waals surface area (Å²) >= 11 is 3.62. The van der Waals surface area contributed by atoms with Crippen LogP contribution in [0.4, 0.5) is 0 Å². The van der Waals surface area contributed by atoms with Gasteiger partial charge in [0.15, 0.2) is 11.5 Å². The first kappa shape index (κ1) is 21.9. The van der Waals surface area contributed by atoms with Crippen LogP contribution >= 0.6 is 15.9 Å². The zero-order chi connectivity index (χ0) is 21.5. The molecule has 0 bridgehead atoms. The fraction of sp³-hybridized carbons (Fsp3) is 0.208. The molecule has 0 radical (unpaired) electrons. The molecule has 0 fully saturated rings. The lowest BCUT2D eigenvalue weighted by molar-refractivity contribution is 0.0697. The predicted octanol–water partition coefficient (Wildman–Crippen LogP) is 5.33. The monoisotopic (exact) mass is 469 g/mol. The Morgan fingerprint density at radius 2 is 1.77 bits per heavy atom. The number of methoxy groups -OCH3 is 1. The Hall–Kier alpha value is -2.83. The van der Waals surface area contributed by atoms with E-state index >= 15 is 0 Å². The minimum atomic E-state index is -0.921. The second-order valence-electron chi connectivity index (χ2n) is 6.98. The number of rotatable bonds is 9. The molecule has 3 aromatic carbocycles. The van der Waals surface area contributed by atoms with E-state index in [0.717, 1.165) is 21.2 Å². The van der Waals surface area contributed by atoms with Gasteiger partial charge in [-0.2, -0.15) is 0 Å². The van der Waals surface area contributed by atoms with Gasteiger partial charge >= 0.3 is 5.97 Å². The fourth-order valence-electron chi connectivity index (χ4n) is 3.05. The number of nitrogens with one attached hydrogen (secondary N) is 1. The molecule has 5 nitrogen and oxygen atoms in total. The molecule has 0 saturated carbocycles. The molecule has 0 heterocycles. The highest BCUT2D eigenvalue weighted by Crippen LogP contribution is 2.34. The summed E-state index contributed by atoms with van der Waals surface area (Å²) in [5, 5.41) is 12.3. The van der Waals surface area contributed by atoms with Crippen LogP contribution in [0.15, 0.2) is 65.1 Å². The van der Waals surface area contributed by atoms with Gasteiger partial charge in [-0.3, -0.25) is 0 Å². The Kier molecular flexibility index (Phi) is 7.49. The maximum atomic E-state index is 10.9. The highest BCUT2D eigenvalue weighted by Gasteiger charge is 2.11. The molecular weight excluding hydrogens is 446 g/mol. The van der Waals surface area contributed by atoms with Crippen LogP contribution in [-0.2, 0) is 19.7 Å². The molecule has 2 N–H and O–H groups in total. The van der Waals surface area contributed by atoms with Gasteiger partial charge < -0.3 is 19.9 Å². The van der Waals surface area contributed by atoms with E-state index in [-0.39, 0.29) is 5.56 Å². The molecule has 3 rings (SSSR count). The molecule has 0 unspecified atom stereocenters. The molecule has 0 aliphatic carbocycles. The van der Waals surface area contributed by atoms with E-state index in [4.69, 9.17) is 14.6 Å². The van der Waals surface area contributed by atoms with Crippen LogP contribution in [0, 0.1) is 6.92 Å². The summed E-state index contributed by atoms with van der Waals surface area (Å²) in [6.07, 6.45) is 0. The molecule has 0 spiro atoms. The van der Waals surface area contributed by atoms with Gasteiger partial charge in [0.05, 0.1) is 12.7 Å². The standard InChI is InChI=1S/C24H24BrNO4/c1-16-4-3-5-18(10-16)15-30-23-12-21(25)20(11-22(23)29-2)14-26-13-17-6-8-19(9-7-17)24(27)28/h3-12,26H,13-15H2,1-2H3,(H,27,28). The van der Waals surface area contributed by atoms with Gasteiger partial charge in [-0.15, -0.1) is 0 Å². The molecule has 156 valence electrons. The quantitative estimate of drug-likeness (QED) is 0.443. The minimum absolute atomic E-state index is 0.285. The van der Waals surface area contributed by atoms with Gasteiger partial charge in [0.1, 0.15) is 6.61 Å². The number of aryl methyl sites for hydroxylation is 1. The highest BCUT2D eigenvalue weighted by atomic mass is 79.9. The van der Waals surface area contributed by atoms with Gasteiger partial charge in [-0.05, 0) is 47.9 Å². The number of carboxylic acids is 1. The van der Waals surface area contributed by atoms with E-state index < -0.39 is 5.97 Å². The van der Waals surface area contributed by atoms with Crippen LogP contribution in [0.2, 0.25) is 0 Å². The number of hydrogen-bond acceptors (Lipinski definition) is 4. The molecule has 0 aliphatic rings. The number of carboxylic acid groups (broad SMARTS) is 1. The first-order chi connectivity index (χ1) is 14.5. The lowest BCUT2D eigenvalue weighted by Crippen LogP contribution is -2.13. The van der Waals surface area contributed by atoms with Crippen molar-refractivity contribution in [1.82, 2.24) is 5.32 Å². The summed E-state index contributed by atoms with van der Waals surface area (Å²) in [4.78, 5) is 10.9. The number of benzene rings is 3. The Bertz CT molecular complexity index is 1020. The van der Waals surface area contributed by atoms with Crippen molar-refractivity contribution >= 4 is 21.9 Å². The third kappa shape index (κ3) is 5.84. The van der Waals surface area contributed by atoms with Crippen molar-refractivity contribution < 1.29 is 19.4 Å². The van der Waals surface area contributed by atoms with Crippen molar-refractivity contribution in [3.05, 3.63) is 93.0 Å². The Labute approximate surface area is 184 Å². The predicted molar refractivity (Wildman–Crippen MR) is 120 cm³/mol. The average Bonchev–Trinajstić information content (AvgIpc) is 2.74. The molecule has 6 heteroatoms.